The van der Waals surface area contributed by atoms with E-state index in [9.17, 15) is 8.78 Å². The second kappa shape index (κ2) is 7.94. The van der Waals surface area contributed by atoms with E-state index < -0.39 is 6.61 Å². The molecule has 4 nitrogen and oxygen atoms in total. The Balaban J connectivity index is 1.96. The lowest BCUT2D eigenvalue weighted by Crippen LogP contribution is -2.03. The highest BCUT2D eigenvalue weighted by atomic mass is 32.2. The Kier molecular flexibility index (Phi) is 5.94. The van der Waals surface area contributed by atoms with Gasteiger partial charge in [-0.3, -0.25) is 0 Å². The lowest BCUT2D eigenvalue weighted by Gasteiger charge is -2.09. The van der Waals surface area contributed by atoms with Crippen molar-refractivity contribution in [2.45, 2.75) is 16.7 Å². The molecule has 1 N–H and O–H groups in total. The number of alkyl halides is 2. The van der Waals surface area contributed by atoms with Crippen molar-refractivity contribution in [3.05, 3.63) is 42.5 Å². The normalized spacial score (nSPS) is 10.6. The van der Waals surface area contributed by atoms with Crippen molar-refractivity contribution in [2.75, 3.05) is 11.9 Å². The van der Waals surface area contributed by atoms with Crippen molar-refractivity contribution >= 4 is 28.2 Å². The van der Waals surface area contributed by atoms with Gasteiger partial charge in [-0.25, -0.2) is 0 Å². The van der Waals surface area contributed by atoms with Crippen molar-refractivity contribution in [2.24, 2.45) is 0 Å². The number of thioether (sulfide) groups is 1. The average Bonchev–Trinajstić information content (AvgIpc) is 2.91. The molecule has 0 atom stereocenters. The molecule has 1 heterocycles. The van der Waals surface area contributed by atoms with Crippen LogP contribution in [-0.4, -0.2) is 23.4 Å². The number of benzene rings is 1. The molecule has 0 unspecified atom stereocenters. The number of aromatic nitrogens is 2. The Bertz CT molecular complexity index is 592. The van der Waals surface area contributed by atoms with Gasteiger partial charge in [0.05, 0.1) is 0 Å². The third kappa shape index (κ3) is 4.98. The molecule has 0 saturated carbocycles. The minimum atomic E-state index is -2.83. The van der Waals surface area contributed by atoms with Crippen LogP contribution in [0.25, 0.3) is 0 Å². The van der Waals surface area contributed by atoms with Crippen molar-refractivity contribution < 1.29 is 13.5 Å². The number of rotatable bonds is 8. The summed E-state index contributed by atoms with van der Waals surface area (Å²) < 4.78 is 29.9. The van der Waals surface area contributed by atoms with Gasteiger partial charge in [0, 0.05) is 17.9 Å². The molecule has 0 amide bonds. The van der Waals surface area contributed by atoms with Gasteiger partial charge in [0.25, 0.3) is 0 Å². The van der Waals surface area contributed by atoms with E-state index in [-0.39, 0.29) is 5.75 Å². The molecular formula is C13H13F2N3OS2. The Morgan fingerprint density at radius 1 is 1.38 bits per heavy atom. The molecule has 0 spiro atoms. The number of para-hydroxylation sites is 1. The molecule has 0 fully saturated rings. The maximum absolute atomic E-state index is 12.3. The molecule has 2 aromatic rings. The molecule has 2 rings (SSSR count). The number of nitrogens with zero attached hydrogens (tertiary/aromatic N) is 2. The van der Waals surface area contributed by atoms with Crippen LogP contribution in [0, 0.1) is 0 Å². The fraction of sp³-hybridized carbons (Fsp3) is 0.231. The first-order valence-corrected chi connectivity index (χ1v) is 7.83. The van der Waals surface area contributed by atoms with E-state index in [4.69, 9.17) is 0 Å². The number of hydrogen-bond acceptors (Lipinski definition) is 6. The van der Waals surface area contributed by atoms with Gasteiger partial charge in [-0.15, -0.1) is 16.8 Å². The first kappa shape index (κ1) is 15.7. The molecule has 21 heavy (non-hydrogen) atoms. The standard InChI is InChI=1S/C13H13F2N3OS2/c1-2-7-16-12-17-18-13(21-12)20-8-9-5-3-4-6-10(9)19-11(14)15/h2-6,11H,1,7-8H2,(H,16,17). The monoisotopic (exact) mass is 329 g/mol. The summed E-state index contributed by atoms with van der Waals surface area (Å²) in [6.45, 7) is 1.39. The fourth-order valence-electron chi connectivity index (χ4n) is 1.47. The van der Waals surface area contributed by atoms with E-state index in [0.717, 1.165) is 4.34 Å². The molecule has 112 valence electrons. The molecule has 0 aliphatic carbocycles. The van der Waals surface area contributed by atoms with Crippen LogP contribution in [0.4, 0.5) is 13.9 Å². The average molecular weight is 329 g/mol. The summed E-state index contributed by atoms with van der Waals surface area (Å²) in [5.74, 6) is 0.674. The van der Waals surface area contributed by atoms with Gasteiger partial charge in [0.2, 0.25) is 5.13 Å². The van der Waals surface area contributed by atoms with E-state index in [1.807, 2.05) is 0 Å². The van der Waals surface area contributed by atoms with E-state index in [1.165, 1.54) is 29.2 Å². The fourth-order valence-corrected chi connectivity index (χ4v) is 3.22. The molecule has 1 aromatic carbocycles. The maximum atomic E-state index is 12.3. The topological polar surface area (TPSA) is 47.0 Å². The van der Waals surface area contributed by atoms with Gasteiger partial charge in [0.15, 0.2) is 4.34 Å². The first-order valence-electron chi connectivity index (χ1n) is 6.03. The van der Waals surface area contributed by atoms with Crippen LogP contribution in [0.15, 0.2) is 41.3 Å². The van der Waals surface area contributed by atoms with Gasteiger partial charge >= 0.3 is 6.61 Å². The van der Waals surface area contributed by atoms with E-state index in [1.54, 1.807) is 24.3 Å². The quantitative estimate of drug-likeness (QED) is 0.585. The van der Waals surface area contributed by atoms with Crippen LogP contribution < -0.4 is 10.1 Å². The van der Waals surface area contributed by atoms with Crippen LogP contribution in [0.3, 0.4) is 0 Å². The SMILES string of the molecule is C=CCNc1nnc(SCc2ccccc2OC(F)F)s1. The second-order valence-corrected chi connectivity index (χ2v) is 6.02. The number of ether oxygens (including phenoxy) is 1. The van der Waals surface area contributed by atoms with Crippen LogP contribution in [-0.2, 0) is 5.75 Å². The predicted octanol–water partition coefficient (Wildman–Crippen LogP) is 4.03. The third-order valence-corrected chi connectivity index (χ3v) is 4.41. The Hall–Kier alpha value is -1.67. The van der Waals surface area contributed by atoms with Crippen LogP contribution in [0.5, 0.6) is 5.75 Å². The lowest BCUT2D eigenvalue weighted by molar-refractivity contribution is -0.0503. The molecule has 0 aliphatic rings. The zero-order valence-corrected chi connectivity index (χ0v) is 12.6. The van der Waals surface area contributed by atoms with Gasteiger partial charge in [-0.1, -0.05) is 47.4 Å². The van der Waals surface area contributed by atoms with Crippen LogP contribution >= 0.6 is 23.1 Å². The highest BCUT2D eigenvalue weighted by Crippen LogP contribution is 2.31. The zero-order valence-electron chi connectivity index (χ0n) is 11.0. The Morgan fingerprint density at radius 3 is 2.95 bits per heavy atom. The summed E-state index contributed by atoms with van der Waals surface area (Å²) in [5, 5.41) is 11.7. The molecule has 0 aliphatic heterocycles. The largest absolute Gasteiger partial charge is 0.435 e. The summed E-state index contributed by atoms with van der Waals surface area (Å²) >= 11 is 2.83. The minimum absolute atomic E-state index is 0.189. The molecule has 1 aromatic heterocycles. The molecule has 0 saturated heterocycles. The highest BCUT2D eigenvalue weighted by Gasteiger charge is 2.11. The summed E-state index contributed by atoms with van der Waals surface area (Å²) in [4.78, 5) is 0. The van der Waals surface area contributed by atoms with E-state index >= 15 is 0 Å². The van der Waals surface area contributed by atoms with Crippen molar-refractivity contribution in [1.29, 1.82) is 0 Å². The van der Waals surface area contributed by atoms with Crippen molar-refractivity contribution in [3.8, 4) is 5.75 Å². The lowest BCUT2D eigenvalue weighted by atomic mass is 10.2. The highest BCUT2D eigenvalue weighted by molar-refractivity contribution is 8.00. The number of hydrogen-bond donors (Lipinski definition) is 1. The number of nitrogens with one attached hydrogen (secondary N) is 1. The summed E-state index contributed by atoms with van der Waals surface area (Å²) in [6.07, 6.45) is 1.73. The van der Waals surface area contributed by atoms with Gasteiger partial charge in [-0.2, -0.15) is 8.78 Å². The number of anilines is 1. The van der Waals surface area contributed by atoms with Crippen LogP contribution in [0.1, 0.15) is 5.56 Å². The number of halogens is 2. The molecule has 0 radical (unpaired) electrons. The maximum Gasteiger partial charge on any atom is 0.387 e. The van der Waals surface area contributed by atoms with E-state index in [2.05, 4.69) is 26.8 Å². The predicted molar refractivity (Wildman–Crippen MR) is 81.2 cm³/mol. The van der Waals surface area contributed by atoms with Crippen molar-refractivity contribution in [1.82, 2.24) is 10.2 Å². The Morgan fingerprint density at radius 2 is 2.19 bits per heavy atom. The smallest absolute Gasteiger partial charge is 0.387 e. The minimum Gasteiger partial charge on any atom is -0.435 e. The van der Waals surface area contributed by atoms with Crippen molar-refractivity contribution in [3.63, 3.8) is 0 Å². The van der Waals surface area contributed by atoms with Crippen LogP contribution in [0.2, 0.25) is 0 Å². The molecule has 8 heteroatoms. The molecule has 0 bridgehead atoms. The summed E-state index contributed by atoms with van der Waals surface area (Å²) in [6, 6.07) is 6.72. The molecular weight excluding hydrogens is 316 g/mol. The van der Waals surface area contributed by atoms with Gasteiger partial charge in [-0.05, 0) is 6.07 Å². The third-order valence-electron chi connectivity index (χ3n) is 2.34. The van der Waals surface area contributed by atoms with Gasteiger partial charge < -0.3 is 10.1 Å². The zero-order chi connectivity index (χ0) is 15.1. The second-order valence-electron chi connectivity index (χ2n) is 3.82. The first-order chi connectivity index (χ1) is 10.2. The summed E-state index contributed by atoms with van der Waals surface area (Å²) in [5.41, 5.74) is 0.693. The van der Waals surface area contributed by atoms with E-state index in [0.29, 0.717) is 23.0 Å². The van der Waals surface area contributed by atoms with Gasteiger partial charge in [0.1, 0.15) is 5.75 Å². The summed E-state index contributed by atoms with van der Waals surface area (Å²) in [7, 11) is 0. The Labute approximate surface area is 129 Å².